The molecule has 0 saturated carbocycles. The third-order valence-electron chi connectivity index (χ3n) is 4.21. The standard InChI is InChI=1S/C22H13BrO/c23-15-10-11-21-19(12-15)20-13-18(14-6-2-1-3-7-14)16-8-4-5-9-17(16)22(20)24-21/h1-13H/i1D,2D,3D,6D,7D. The maximum absolute atomic E-state index is 8.41. The van der Waals surface area contributed by atoms with Crippen LogP contribution in [-0.4, -0.2) is 0 Å². The van der Waals surface area contributed by atoms with Crippen LogP contribution in [0.3, 0.4) is 0 Å². The van der Waals surface area contributed by atoms with Gasteiger partial charge in [-0.1, -0.05) is 70.4 Å². The van der Waals surface area contributed by atoms with Crippen molar-refractivity contribution < 1.29 is 11.3 Å². The summed E-state index contributed by atoms with van der Waals surface area (Å²) in [7, 11) is 0. The largest absolute Gasteiger partial charge is 0.455 e. The average Bonchev–Trinajstić information content (AvgIpc) is 3.09. The van der Waals surface area contributed by atoms with Crippen molar-refractivity contribution >= 4 is 48.6 Å². The SMILES string of the molecule is [2H]c1c([2H])c([2H])c(-c2cc3c4cc(Br)ccc4oc3c3ccccc23)c([2H])c1[2H]. The number of benzene rings is 4. The number of hydrogen-bond donors (Lipinski definition) is 0. The molecule has 0 aliphatic heterocycles. The predicted octanol–water partition coefficient (Wildman–Crippen LogP) is 7.17. The second kappa shape index (κ2) is 5.22. The lowest BCUT2D eigenvalue weighted by molar-refractivity contribution is 0.672. The van der Waals surface area contributed by atoms with Gasteiger partial charge >= 0.3 is 0 Å². The molecule has 0 aliphatic rings. The molecule has 0 atom stereocenters. The quantitative estimate of drug-likeness (QED) is 0.301. The van der Waals surface area contributed by atoms with Crippen LogP contribution >= 0.6 is 15.9 Å². The van der Waals surface area contributed by atoms with E-state index in [0.29, 0.717) is 11.1 Å². The Morgan fingerprint density at radius 1 is 0.792 bits per heavy atom. The molecule has 5 aromatic rings. The smallest absolute Gasteiger partial charge is 0.143 e. The zero-order valence-corrected chi connectivity index (χ0v) is 14.0. The summed E-state index contributed by atoms with van der Waals surface area (Å²) in [6.45, 7) is 0. The molecule has 0 radical (unpaired) electrons. The zero-order valence-electron chi connectivity index (χ0n) is 17.4. The van der Waals surface area contributed by atoms with E-state index in [2.05, 4.69) is 15.9 Å². The van der Waals surface area contributed by atoms with Crippen molar-refractivity contribution in [2.75, 3.05) is 0 Å². The molecule has 0 aliphatic carbocycles. The third-order valence-corrected chi connectivity index (χ3v) is 4.70. The van der Waals surface area contributed by atoms with Gasteiger partial charge in [-0.25, -0.2) is 0 Å². The average molecular weight is 378 g/mol. The molecule has 0 N–H and O–H groups in total. The second-order valence-electron chi connectivity index (χ2n) is 5.59. The van der Waals surface area contributed by atoms with Crippen LogP contribution in [0, 0.1) is 0 Å². The van der Waals surface area contributed by atoms with E-state index in [1.807, 2.05) is 48.5 Å². The van der Waals surface area contributed by atoms with Gasteiger partial charge in [0.15, 0.2) is 0 Å². The number of rotatable bonds is 1. The minimum Gasteiger partial charge on any atom is -0.455 e. The first-order chi connectivity index (χ1) is 13.9. The van der Waals surface area contributed by atoms with Gasteiger partial charge < -0.3 is 4.42 Å². The highest BCUT2D eigenvalue weighted by atomic mass is 79.9. The molecule has 0 unspecified atom stereocenters. The Labute approximate surface area is 154 Å². The summed E-state index contributed by atoms with van der Waals surface area (Å²) in [5, 5.41) is 3.34. The maximum atomic E-state index is 8.41. The van der Waals surface area contributed by atoms with Gasteiger partial charge in [0.1, 0.15) is 11.2 Å². The topological polar surface area (TPSA) is 13.1 Å². The molecule has 1 nitrogen and oxygen atoms in total. The van der Waals surface area contributed by atoms with E-state index in [9.17, 15) is 0 Å². The molecule has 1 heterocycles. The molecule has 0 bridgehead atoms. The Hall–Kier alpha value is -2.58. The first-order valence-corrected chi connectivity index (χ1v) is 8.28. The first kappa shape index (κ1) is 9.65. The van der Waals surface area contributed by atoms with Crippen molar-refractivity contribution in [1.29, 1.82) is 0 Å². The number of hydrogen-bond acceptors (Lipinski definition) is 1. The maximum Gasteiger partial charge on any atom is 0.143 e. The highest BCUT2D eigenvalue weighted by Crippen LogP contribution is 2.40. The fraction of sp³-hybridized carbons (Fsp3) is 0. The number of furan rings is 1. The molecule has 0 fully saturated rings. The van der Waals surface area contributed by atoms with E-state index in [-0.39, 0.29) is 29.7 Å². The monoisotopic (exact) mass is 377 g/mol. The third kappa shape index (κ3) is 2.00. The molecule has 24 heavy (non-hydrogen) atoms. The normalized spacial score (nSPS) is 14.5. The van der Waals surface area contributed by atoms with Crippen LogP contribution in [-0.2, 0) is 0 Å². The molecule has 0 spiro atoms. The molecule has 114 valence electrons. The Balaban J connectivity index is 2.02. The summed E-state index contributed by atoms with van der Waals surface area (Å²) in [5.74, 6) is 0. The summed E-state index contributed by atoms with van der Waals surface area (Å²) in [4.78, 5) is 0. The van der Waals surface area contributed by atoms with Crippen molar-refractivity contribution in [1.82, 2.24) is 0 Å². The van der Waals surface area contributed by atoms with Crippen LogP contribution in [0.5, 0.6) is 0 Å². The van der Waals surface area contributed by atoms with Gasteiger partial charge in [-0.05, 0) is 40.8 Å². The van der Waals surface area contributed by atoms with Crippen molar-refractivity contribution in [2.24, 2.45) is 0 Å². The molecule has 5 rings (SSSR count). The molecule has 0 amide bonds. The van der Waals surface area contributed by atoms with Gasteiger partial charge in [-0.3, -0.25) is 0 Å². The summed E-state index contributed by atoms with van der Waals surface area (Å²) in [5.41, 5.74) is 2.22. The van der Waals surface area contributed by atoms with Gasteiger partial charge in [0.05, 0.1) is 6.85 Å². The van der Waals surface area contributed by atoms with Crippen molar-refractivity contribution in [3.05, 3.63) is 83.2 Å². The van der Waals surface area contributed by atoms with E-state index in [1.54, 1.807) is 0 Å². The lowest BCUT2D eigenvalue weighted by atomic mass is 9.95. The highest BCUT2D eigenvalue weighted by Gasteiger charge is 2.14. The van der Waals surface area contributed by atoms with E-state index in [1.165, 1.54) is 0 Å². The molecule has 0 saturated heterocycles. The van der Waals surface area contributed by atoms with Gasteiger partial charge in [0.25, 0.3) is 0 Å². The van der Waals surface area contributed by atoms with Crippen molar-refractivity contribution in [2.45, 2.75) is 0 Å². The predicted molar refractivity (Wildman–Crippen MR) is 104 cm³/mol. The van der Waals surface area contributed by atoms with Gasteiger partial charge in [-0.2, -0.15) is 0 Å². The lowest BCUT2D eigenvalue weighted by Crippen LogP contribution is -1.82. The van der Waals surface area contributed by atoms with Crippen molar-refractivity contribution in [3.63, 3.8) is 0 Å². The molecular formula is C22H13BrO. The molecule has 1 aromatic heterocycles. The van der Waals surface area contributed by atoms with Crippen LogP contribution in [0.25, 0.3) is 43.8 Å². The van der Waals surface area contributed by atoms with Crippen LogP contribution in [0.1, 0.15) is 6.85 Å². The van der Waals surface area contributed by atoms with Gasteiger partial charge in [0, 0.05) is 20.6 Å². The molecular weight excluding hydrogens is 360 g/mol. The first-order valence-electron chi connectivity index (χ1n) is 9.99. The van der Waals surface area contributed by atoms with E-state index in [4.69, 9.17) is 11.3 Å². The zero-order chi connectivity index (χ0) is 20.4. The Kier molecular flexibility index (Phi) is 2.10. The highest BCUT2D eigenvalue weighted by molar-refractivity contribution is 9.10. The van der Waals surface area contributed by atoms with E-state index in [0.717, 1.165) is 31.6 Å². The Bertz CT molecular complexity index is 1440. The lowest BCUT2D eigenvalue weighted by Gasteiger charge is -2.08. The molecule has 2 heteroatoms. The minimum atomic E-state index is -0.396. The van der Waals surface area contributed by atoms with E-state index >= 15 is 0 Å². The fourth-order valence-electron chi connectivity index (χ4n) is 3.16. The number of fused-ring (bicyclic) bond motifs is 5. The van der Waals surface area contributed by atoms with Gasteiger partial charge in [-0.15, -0.1) is 0 Å². The fourth-order valence-corrected chi connectivity index (χ4v) is 3.52. The number of halogens is 1. The van der Waals surface area contributed by atoms with Crippen LogP contribution in [0.4, 0.5) is 0 Å². The summed E-state index contributed by atoms with van der Waals surface area (Å²) < 4.78 is 47.8. The van der Waals surface area contributed by atoms with Gasteiger partial charge in [0.2, 0.25) is 0 Å². The van der Waals surface area contributed by atoms with Crippen LogP contribution < -0.4 is 0 Å². The van der Waals surface area contributed by atoms with Crippen LogP contribution in [0.2, 0.25) is 0 Å². The Morgan fingerprint density at radius 3 is 2.42 bits per heavy atom. The second-order valence-corrected chi connectivity index (χ2v) is 6.50. The van der Waals surface area contributed by atoms with E-state index < -0.39 is 6.04 Å². The van der Waals surface area contributed by atoms with Crippen molar-refractivity contribution in [3.8, 4) is 11.1 Å². The Morgan fingerprint density at radius 2 is 1.58 bits per heavy atom. The summed E-state index contributed by atoms with van der Waals surface area (Å²) in [6.07, 6.45) is 0. The summed E-state index contributed by atoms with van der Waals surface area (Å²) >= 11 is 3.49. The summed E-state index contributed by atoms with van der Waals surface area (Å²) in [6, 6.07) is 13.7. The molecule has 4 aromatic carbocycles. The van der Waals surface area contributed by atoms with Crippen LogP contribution in [0.15, 0.2) is 87.6 Å². The minimum absolute atomic E-state index is 0.193.